The van der Waals surface area contributed by atoms with E-state index < -0.39 is 90.0 Å². The molecule has 1 aliphatic carbocycles. The number of carbonyl (C=O) groups is 5. The number of amides is 6. The average molecular weight is 778 g/mol. The summed E-state index contributed by atoms with van der Waals surface area (Å²) in [6, 6.07) is 4.12. The summed E-state index contributed by atoms with van der Waals surface area (Å²) in [5, 5.41) is 16.6. The van der Waals surface area contributed by atoms with Crippen LogP contribution in [0.4, 0.5) is 41.6 Å². The summed E-state index contributed by atoms with van der Waals surface area (Å²) in [7, 11) is 1.10. The van der Waals surface area contributed by atoms with Crippen molar-refractivity contribution >= 4 is 35.5 Å². The minimum atomic E-state index is -6.44. The number of hydrogen-bond donors (Lipinski definition) is 4. The van der Waals surface area contributed by atoms with Gasteiger partial charge >= 0.3 is 35.9 Å². The second-order valence-corrected chi connectivity index (χ2v) is 12.8. The highest BCUT2D eigenvalue weighted by Gasteiger charge is 2.84. The molecule has 294 valence electrons. The molecule has 2 aliphatic rings. The van der Waals surface area contributed by atoms with Crippen LogP contribution in [0.3, 0.4) is 0 Å². The lowest BCUT2D eigenvalue weighted by molar-refractivity contribution is -0.315. The number of urea groups is 2. The monoisotopic (exact) mass is 777 g/mol. The van der Waals surface area contributed by atoms with Gasteiger partial charge in [-0.3, -0.25) is 19.3 Å². The first-order chi connectivity index (χ1) is 25.8. The van der Waals surface area contributed by atoms with Gasteiger partial charge < -0.3 is 25.8 Å². The highest BCUT2D eigenvalue weighted by Crippen LogP contribution is 2.53. The molecule has 4 rings (SSSR count). The molecule has 2 atom stereocenters. The Morgan fingerprint density at radius 2 is 1.71 bits per heavy atom. The number of nitrogens with zero attached hydrogens (tertiary/aromatic N) is 2. The van der Waals surface area contributed by atoms with Crippen molar-refractivity contribution in [2.24, 2.45) is 5.92 Å². The molecule has 55 heavy (non-hydrogen) atoms. The molecule has 2 fully saturated rings. The predicted molar refractivity (Wildman–Crippen MR) is 185 cm³/mol. The molecular formula is C37H37F6N5O7. The van der Waals surface area contributed by atoms with Gasteiger partial charge in [-0.25, -0.2) is 14.5 Å². The number of terminal acetylenes is 1. The molecule has 0 radical (unpaired) electrons. The van der Waals surface area contributed by atoms with E-state index in [-0.39, 0.29) is 33.2 Å². The van der Waals surface area contributed by atoms with Crippen LogP contribution in [-0.4, -0.2) is 75.8 Å². The predicted octanol–water partition coefficient (Wildman–Crippen LogP) is 6.43. The highest BCUT2D eigenvalue weighted by atomic mass is 19.4. The number of benzene rings is 2. The van der Waals surface area contributed by atoms with E-state index in [1.165, 1.54) is 24.3 Å². The van der Waals surface area contributed by atoms with Crippen LogP contribution >= 0.6 is 0 Å². The number of carboxylic acids is 1. The van der Waals surface area contributed by atoms with Crippen molar-refractivity contribution in [2.75, 3.05) is 12.4 Å². The molecule has 1 aliphatic heterocycles. The van der Waals surface area contributed by atoms with Crippen molar-refractivity contribution in [1.29, 1.82) is 0 Å². The fourth-order valence-electron chi connectivity index (χ4n) is 6.17. The number of ether oxygens (including phenoxy) is 1. The van der Waals surface area contributed by atoms with Gasteiger partial charge in [-0.05, 0) is 55.0 Å². The maximum absolute atomic E-state index is 14.9. The van der Waals surface area contributed by atoms with E-state index in [4.69, 9.17) is 11.2 Å². The highest BCUT2D eigenvalue weighted by molar-refractivity contribution is 6.11. The molecule has 6 amide bonds. The molecule has 0 unspecified atom stereocenters. The number of allylic oxidation sites excluding steroid dienone is 4. The molecule has 2 aromatic carbocycles. The summed E-state index contributed by atoms with van der Waals surface area (Å²) in [6.45, 7) is 1.88. The van der Waals surface area contributed by atoms with Crippen molar-refractivity contribution in [3.05, 3.63) is 83.1 Å². The maximum atomic E-state index is 14.9. The topological polar surface area (TPSA) is 157 Å². The lowest BCUT2D eigenvalue weighted by Crippen LogP contribution is -2.69. The number of nitrogens with one attached hydrogen (secondary N) is 3. The molecule has 4 N–H and O–H groups in total. The minimum Gasteiger partial charge on any atom is -0.495 e. The molecular weight excluding hydrogens is 740 g/mol. The third-order valence-corrected chi connectivity index (χ3v) is 9.00. The summed E-state index contributed by atoms with van der Waals surface area (Å²) in [6.07, 6.45) is -4.51. The number of imide groups is 1. The number of rotatable bonds is 14. The van der Waals surface area contributed by atoms with Crippen LogP contribution < -0.4 is 20.7 Å². The van der Waals surface area contributed by atoms with E-state index in [0.29, 0.717) is 18.4 Å². The number of aliphatic carboxylic acids is 1. The number of carboxylic acid groups (broad SMARTS) is 1. The first-order valence-corrected chi connectivity index (χ1v) is 16.7. The molecule has 1 saturated carbocycles. The van der Waals surface area contributed by atoms with E-state index in [9.17, 15) is 55.4 Å². The van der Waals surface area contributed by atoms with Crippen LogP contribution in [0.5, 0.6) is 5.75 Å². The first-order valence-electron chi connectivity index (χ1n) is 16.7. The lowest BCUT2D eigenvalue weighted by Gasteiger charge is -2.37. The lowest BCUT2D eigenvalue weighted by atomic mass is 9.94. The van der Waals surface area contributed by atoms with Gasteiger partial charge in [0.1, 0.15) is 11.8 Å². The van der Waals surface area contributed by atoms with Crippen molar-refractivity contribution in [3.8, 4) is 18.1 Å². The molecule has 0 aromatic heterocycles. The maximum Gasteiger partial charge on any atom is 0.430 e. The number of methoxy groups -OCH3 is 1. The van der Waals surface area contributed by atoms with Crippen LogP contribution in [-0.2, 0) is 20.9 Å². The molecule has 1 heterocycles. The summed E-state index contributed by atoms with van der Waals surface area (Å²) in [4.78, 5) is 64.9. The Balaban J connectivity index is 1.74. The van der Waals surface area contributed by atoms with E-state index in [1.807, 2.05) is 0 Å². The van der Waals surface area contributed by atoms with Crippen molar-refractivity contribution in [3.63, 3.8) is 0 Å². The average Bonchev–Trinajstić information content (AvgIpc) is 3.90. The van der Waals surface area contributed by atoms with Gasteiger partial charge in [-0.1, -0.05) is 67.3 Å². The van der Waals surface area contributed by atoms with E-state index >= 15 is 0 Å². The Bertz CT molecular complexity index is 1900. The number of anilines is 1. The van der Waals surface area contributed by atoms with E-state index in [1.54, 1.807) is 32.1 Å². The molecule has 2 aromatic rings. The normalized spacial score (nSPS) is 17.3. The zero-order valence-electron chi connectivity index (χ0n) is 29.7. The molecule has 18 heteroatoms. The van der Waals surface area contributed by atoms with Crippen LogP contribution in [0.2, 0.25) is 0 Å². The quantitative estimate of drug-likeness (QED) is 0.0746. The smallest absolute Gasteiger partial charge is 0.430 e. The van der Waals surface area contributed by atoms with Crippen LogP contribution in [0.15, 0.2) is 72.0 Å². The SMILES string of the molecule is C#C/C(NC(=O)Nc1ccc(CN2C(=O)N([C@@H](CC3CC3)C(=O)N[C@@H](CC(=O)O)c3ccccc3)C(=O)C2(C(F)(F)F)C(F)(F)F)cc1OC)=C(C)\C=C/C. The summed E-state index contributed by atoms with van der Waals surface area (Å²) >= 11 is 0. The van der Waals surface area contributed by atoms with Crippen molar-refractivity contribution < 1.29 is 60.2 Å². The minimum absolute atomic E-state index is 0.0924. The fourth-order valence-corrected chi connectivity index (χ4v) is 6.17. The van der Waals surface area contributed by atoms with Gasteiger partial charge in [0.15, 0.2) is 0 Å². The number of alkyl halides is 6. The first kappa shape index (κ1) is 41.8. The number of halogens is 6. The van der Waals surface area contributed by atoms with Gasteiger partial charge in [0.05, 0.1) is 31.0 Å². The second kappa shape index (κ2) is 16.6. The summed E-state index contributed by atoms with van der Waals surface area (Å²) in [5.74, 6) is -3.82. The molecule has 1 saturated heterocycles. The molecule has 12 nitrogen and oxygen atoms in total. The molecule has 0 spiro atoms. The van der Waals surface area contributed by atoms with Gasteiger partial charge in [-0.2, -0.15) is 26.3 Å². The Morgan fingerprint density at radius 3 is 2.24 bits per heavy atom. The van der Waals surface area contributed by atoms with Crippen molar-refractivity contribution in [2.45, 2.75) is 76.1 Å². The van der Waals surface area contributed by atoms with Crippen LogP contribution in [0, 0.1) is 18.3 Å². The Morgan fingerprint density at radius 1 is 1.07 bits per heavy atom. The Kier molecular flexibility index (Phi) is 12.6. The third kappa shape index (κ3) is 8.88. The van der Waals surface area contributed by atoms with Gasteiger partial charge in [0.25, 0.3) is 5.91 Å². The number of hydrogen-bond acceptors (Lipinski definition) is 6. The standard InChI is InChI=1S/C37H37F6N5O7/c1-5-10-21(3)25(6-2)45-33(53)46-26-16-15-23(18-29(26)55-4)20-47-34(54)48(32(52)35(47,36(38,39)40)37(41,42)43)28(17-22-13-14-22)31(51)44-27(19-30(49)50)24-11-8-7-9-12-24/h2,5,7-12,15-16,18,22,27-28H,13-14,17,19-20H2,1,3-4H3,(H,44,51)(H,49,50)(H2,45,46,53)/b10-5-,25-21+/t27-,28-/m0/s1. The van der Waals surface area contributed by atoms with Crippen LogP contribution in [0.1, 0.15) is 56.7 Å². The number of carbonyl (C=O) groups excluding carboxylic acids is 4. The summed E-state index contributed by atoms with van der Waals surface area (Å²) < 4.78 is 94.9. The Labute approximate surface area is 311 Å². The van der Waals surface area contributed by atoms with Gasteiger partial charge in [0.2, 0.25) is 5.91 Å². The van der Waals surface area contributed by atoms with E-state index in [0.717, 1.165) is 25.3 Å². The Hall–Kier alpha value is -5.99. The fraction of sp³-hybridized carbons (Fsp3) is 0.378. The zero-order valence-corrected chi connectivity index (χ0v) is 29.7. The largest absolute Gasteiger partial charge is 0.495 e. The van der Waals surface area contributed by atoms with Crippen LogP contribution in [0.25, 0.3) is 0 Å². The van der Waals surface area contributed by atoms with Gasteiger partial charge in [-0.15, -0.1) is 6.42 Å². The third-order valence-electron chi connectivity index (χ3n) is 9.00. The second-order valence-electron chi connectivity index (χ2n) is 12.8. The van der Waals surface area contributed by atoms with Gasteiger partial charge in [0, 0.05) is 6.54 Å². The zero-order chi connectivity index (χ0) is 40.9. The van der Waals surface area contributed by atoms with Crippen molar-refractivity contribution in [1.82, 2.24) is 20.4 Å². The summed E-state index contributed by atoms with van der Waals surface area (Å²) in [5.41, 5.74) is -5.05. The van der Waals surface area contributed by atoms with E-state index in [2.05, 4.69) is 21.9 Å². The molecule has 0 bridgehead atoms.